The molecule has 3 atom stereocenters. The fourth-order valence-corrected chi connectivity index (χ4v) is 8.82. The van der Waals surface area contributed by atoms with Crippen LogP contribution in [0.5, 0.6) is 0 Å². The number of amides is 1. The Morgan fingerprint density at radius 2 is 1.90 bits per heavy atom. The lowest BCUT2D eigenvalue weighted by Gasteiger charge is -2.38. The molecule has 0 unspecified atom stereocenters. The zero-order chi connectivity index (χ0) is 28.0. The molecule has 1 saturated carbocycles. The molecule has 2 aromatic carbocycles. The highest BCUT2D eigenvalue weighted by atomic mass is 35.5. The van der Waals surface area contributed by atoms with E-state index in [1.807, 2.05) is 50.4 Å². The molecule has 0 radical (unpaired) electrons. The van der Waals surface area contributed by atoms with Crippen molar-refractivity contribution in [3.63, 3.8) is 0 Å². The Labute approximate surface area is 247 Å². The second kappa shape index (κ2) is 9.08. The van der Waals surface area contributed by atoms with Crippen molar-refractivity contribution < 1.29 is 9.90 Å². The molecule has 208 valence electrons. The van der Waals surface area contributed by atoms with Gasteiger partial charge in [-0.25, -0.2) is 0 Å². The summed E-state index contributed by atoms with van der Waals surface area (Å²) in [6.45, 7) is 2.00. The Morgan fingerprint density at radius 1 is 1.12 bits per heavy atom. The van der Waals surface area contributed by atoms with Crippen LogP contribution in [-0.4, -0.2) is 49.5 Å². The first kappa shape index (κ1) is 25.4. The molecule has 1 N–H and O–H groups in total. The number of benzene rings is 2. The van der Waals surface area contributed by atoms with Gasteiger partial charge >= 0.3 is 0 Å². The lowest BCUT2D eigenvalue weighted by atomic mass is 9.84. The van der Waals surface area contributed by atoms with Crippen LogP contribution in [0, 0.1) is 12.8 Å². The van der Waals surface area contributed by atoms with Crippen molar-refractivity contribution >= 4 is 34.6 Å². The first-order chi connectivity index (χ1) is 19.9. The minimum Gasteiger partial charge on any atom is -0.391 e. The quantitative estimate of drug-likeness (QED) is 0.352. The number of halogens is 1. The number of hydrogen-bond donors (Lipinski definition) is 1. The van der Waals surface area contributed by atoms with Crippen LogP contribution < -0.4 is 0 Å². The molecule has 1 amide bonds. The van der Waals surface area contributed by atoms with Crippen molar-refractivity contribution in [3.8, 4) is 5.00 Å². The van der Waals surface area contributed by atoms with E-state index in [4.69, 9.17) is 16.6 Å². The molecule has 0 saturated heterocycles. The Morgan fingerprint density at radius 3 is 2.71 bits per heavy atom. The summed E-state index contributed by atoms with van der Waals surface area (Å²) in [4.78, 5) is 22.5. The predicted molar refractivity (Wildman–Crippen MR) is 159 cm³/mol. The molecule has 3 heterocycles. The number of fused-ring (bicyclic) bond motifs is 7. The highest BCUT2D eigenvalue weighted by Gasteiger charge is 2.52. The van der Waals surface area contributed by atoms with Crippen LogP contribution in [0.25, 0.3) is 5.00 Å². The molecule has 4 aliphatic rings. The van der Waals surface area contributed by atoms with Crippen molar-refractivity contribution in [2.24, 2.45) is 10.9 Å². The average Bonchev–Trinajstić information content (AvgIpc) is 3.31. The molecule has 4 aromatic rings. The second-order valence-electron chi connectivity index (χ2n) is 11.9. The summed E-state index contributed by atoms with van der Waals surface area (Å²) in [5.74, 6) is 1.63. The van der Waals surface area contributed by atoms with Gasteiger partial charge in [-0.1, -0.05) is 54.1 Å². The van der Waals surface area contributed by atoms with E-state index in [0.717, 1.165) is 58.3 Å². The first-order valence-electron chi connectivity index (χ1n) is 14.3. The van der Waals surface area contributed by atoms with Gasteiger partial charge in [-0.05, 0) is 68.2 Å². The van der Waals surface area contributed by atoms with Crippen LogP contribution in [-0.2, 0) is 29.6 Å². The molecular weight excluding hydrogens is 554 g/mol. The van der Waals surface area contributed by atoms with E-state index in [2.05, 4.69) is 26.9 Å². The number of thiophene rings is 1. The van der Waals surface area contributed by atoms with Gasteiger partial charge in [0.25, 0.3) is 0 Å². The van der Waals surface area contributed by atoms with Crippen LogP contribution in [0.1, 0.15) is 69.6 Å². The average molecular weight is 584 g/mol. The molecule has 1 fully saturated rings. The van der Waals surface area contributed by atoms with Crippen molar-refractivity contribution in [2.45, 2.75) is 63.1 Å². The molecule has 7 nitrogen and oxygen atoms in total. The Kier molecular flexibility index (Phi) is 5.62. The zero-order valence-corrected chi connectivity index (χ0v) is 24.5. The summed E-state index contributed by atoms with van der Waals surface area (Å²) in [7, 11) is 1.85. The highest BCUT2D eigenvalue weighted by Crippen LogP contribution is 2.54. The maximum absolute atomic E-state index is 14.1. The van der Waals surface area contributed by atoms with E-state index in [9.17, 15) is 9.90 Å². The van der Waals surface area contributed by atoms with E-state index >= 15 is 0 Å². The lowest BCUT2D eigenvalue weighted by molar-refractivity contribution is -0.139. The molecular formula is C32H30ClN5O2S. The van der Waals surface area contributed by atoms with E-state index in [0.29, 0.717) is 24.3 Å². The molecule has 1 aliphatic heterocycles. The SMILES string of the molecule is Cc1nnc2n1-c1sc3c(c1C(c1ccccc1Cl)=NC21CC1)C[C@H](C(=O)N(C)[C@H]1c2ccccc2CC[C@@H]1O)C3. The minimum atomic E-state index is -0.575. The van der Waals surface area contributed by atoms with Crippen molar-refractivity contribution in [2.75, 3.05) is 7.05 Å². The summed E-state index contributed by atoms with van der Waals surface area (Å²) < 4.78 is 2.19. The fraction of sp³-hybridized carbons (Fsp3) is 0.375. The predicted octanol–water partition coefficient (Wildman–Crippen LogP) is 5.35. The Balaban J connectivity index is 1.20. The van der Waals surface area contributed by atoms with Gasteiger partial charge in [0.05, 0.1) is 17.9 Å². The number of likely N-dealkylation sites (N-methyl/N-ethyl adjacent to an activating group) is 1. The van der Waals surface area contributed by atoms with Gasteiger partial charge in [0, 0.05) is 34.0 Å². The number of aliphatic hydroxyl groups excluding tert-OH is 1. The zero-order valence-electron chi connectivity index (χ0n) is 23.0. The number of aryl methyl sites for hydroxylation is 2. The summed E-state index contributed by atoms with van der Waals surface area (Å²) >= 11 is 8.52. The lowest BCUT2D eigenvalue weighted by Crippen LogP contribution is -2.43. The topological polar surface area (TPSA) is 83.6 Å². The van der Waals surface area contributed by atoms with E-state index in [1.54, 1.807) is 16.2 Å². The number of carbonyl (C=O) groups excluding carboxylic acids is 1. The van der Waals surface area contributed by atoms with Crippen LogP contribution in [0.15, 0.2) is 53.5 Å². The minimum absolute atomic E-state index is 0.0765. The molecule has 9 heteroatoms. The maximum Gasteiger partial charge on any atom is 0.226 e. The summed E-state index contributed by atoms with van der Waals surface area (Å²) in [5, 5.41) is 21.8. The molecule has 8 rings (SSSR count). The molecule has 3 aliphatic carbocycles. The van der Waals surface area contributed by atoms with Gasteiger partial charge in [0.2, 0.25) is 5.91 Å². The number of aliphatic hydroxyl groups is 1. The summed E-state index contributed by atoms with van der Waals surface area (Å²) in [6, 6.07) is 15.7. The van der Waals surface area contributed by atoms with Gasteiger partial charge in [-0.15, -0.1) is 21.5 Å². The molecule has 0 bridgehead atoms. The van der Waals surface area contributed by atoms with Crippen molar-refractivity contribution in [3.05, 3.63) is 97.9 Å². The van der Waals surface area contributed by atoms with Crippen molar-refractivity contribution in [1.29, 1.82) is 0 Å². The Bertz CT molecular complexity index is 1770. The van der Waals surface area contributed by atoms with Gasteiger partial charge in [-0.3, -0.25) is 14.4 Å². The number of nitrogens with zero attached hydrogens (tertiary/aromatic N) is 5. The molecule has 41 heavy (non-hydrogen) atoms. The Hall–Kier alpha value is -3.33. The number of carbonyl (C=O) groups is 1. The third kappa shape index (κ3) is 3.73. The van der Waals surface area contributed by atoms with E-state index in [1.165, 1.54) is 16.0 Å². The van der Waals surface area contributed by atoms with Crippen LogP contribution >= 0.6 is 22.9 Å². The second-order valence-corrected chi connectivity index (χ2v) is 13.4. The largest absolute Gasteiger partial charge is 0.391 e. The third-order valence-corrected chi connectivity index (χ3v) is 10.9. The fourth-order valence-electron chi connectivity index (χ4n) is 7.14. The third-order valence-electron chi connectivity index (χ3n) is 9.38. The van der Waals surface area contributed by atoms with Crippen LogP contribution in [0.2, 0.25) is 5.02 Å². The number of rotatable bonds is 3. The standard InChI is InChI=1S/C32H30ClN5O2S/c1-17-35-36-31-32(13-14-32)34-27(21-9-5-6-10-23(21)33)26-22-15-19(16-25(22)41-30(26)38(17)31)29(40)37(2)28-20-8-4-3-7-18(20)11-12-24(28)39/h3-10,19,24,28,39H,11-16H2,1-2H3/t19-,24-,28-/m0/s1. The van der Waals surface area contributed by atoms with Crippen LogP contribution in [0.3, 0.4) is 0 Å². The number of aliphatic imine (C=N–C) groups is 1. The van der Waals surface area contributed by atoms with Crippen LogP contribution in [0.4, 0.5) is 0 Å². The van der Waals surface area contributed by atoms with Gasteiger partial charge in [0.1, 0.15) is 16.4 Å². The molecule has 2 aromatic heterocycles. The summed E-state index contributed by atoms with van der Waals surface area (Å²) in [6.07, 6.45) is 4.05. The van der Waals surface area contributed by atoms with E-state index < -0.39 is 6.10 Å². The number of hydrogen-bond acceptors (Lipinski definition) is 6. The van der Waals surface area contributed by atoms with Gasteiger partial charge in [-0.2, -0.15) is 0 Å². The maximum atomic E-state index is 14.1. The van der Waals surface area contributed by atoms with E-state index in [-0.39, 0.29) is 23.4 Å². The van der Waals surface area contributed by atoms with Gasteiger partial charge < -0.3 is 10.0 Å². The monoisotopic (exact) mass is 583 g/mol. The highest BCUT2D eigenvalue weighted by molar-refractivity contribution is 7.15. The summed E-state index contributed by atoms with van der Waals surface area (Å²) in [5.41, 5.74) is 5.93. The normalized spacial score (nSPS) is 23.2. The number of aromatic nitrogens is 3. The van der Waals surface area contributed by atoms with Gasteiger partial charge in [0.15, 0.2) is 5.82 Å². The first-order valence-corrected chi connectivity index (χ1v) is 15.5. The smallest absolute Gasteiger partial charge is 0.226 e. The van der Waals surface area contributed by atoms with Crippen molar-refractivity contribution in [1.82, 2.24) is 19.7 Å². The molecule has 1 spiro atoms.